The van der Waals surface area contributed by atoms with E-state index in [0.717, 1.165) is 21.7 Å². The molecule has 8 nitrogen and oxygen atoms in total. The lowest BCUT2D eigenvalue weighted by Gasteiger charge is -2.29. The third kappa shape index (κ3) is 4.59. The van der Waals surface area contributed by atoms with Gasteiger partial charge in [0.05, 0.1) is 36.6 Å². The van der Waals surface area contributed by atoms with Gasteiger partial charge in [-0.25, -0.2) is 15.0 Å². The van der Waals surface area contributed by atoms with Gasteiger partial charge in [0, 0.05) is 31.1 Å². The molecule has 2 aromatic heterocycles. The Hall–Kier alpha value is -3.69. The summed E-state index contributed by atoms with van der Waals surface area (Å²) < 4.78 is 12.9. The lowest BCUT2D eigenvalue weighted by atomic mass is 9.94. The first-order valence-corrected chi connectivity index (χ1v) is 12.5. The van der Waals surface area contributed by atoms with Crippen LogP contribution in [0.3, 0.4) is 0 Å². The smallest absolute Gasteiger partial charge is 0.268 e. The van der Waals surface area contributed by atoms with Crippen LogP contribution < -0.4 is 20.6 Å². The molecule has 0 saturated carbocycles. The molecule has 1 N–H and O–H groups in total. The fraction of sp³-hybridized carbons (Fsp3) is 0.296. The van der Waals surface area contributed by atoms with Gasteiger partial charge in [0.25, 0.3) is 5.56 Å². The Morgan fingerprint density at radius 3 is 2.56 bits per heavy atom. The number of hydrogen-bond donors (Lipinski definition) is 1. The van der Waals surface area contributed by atoms with Gasteiger partial charge in [-0.1, -0.05) is 12.1 Å². The van der Waals surface area contributed by atoms with Crippen molar-refractivity contribution >= 4 is 39.4 Å². The molecular formula is C27H29N5O3S. The van der Waals surface area contributed by atoms with Gasteiger partial charge >= 0.3 is 0 Å². The molecule has 1 aliphatic rings. The maximum absolute atomic E-state index is 13.9. The minimum Gasteiger partial charge on any atom is -0.497 e. The molecule has 0 atom stereocenters. The van der Waals surface area contributed by atoms with Gasteiger partial charge in [-0.05, 0) is 61.4 Å². The number of nitrogens with one attached hydrogen (secondary N) is 1. The van der Waals surface area contributed by atoms with Crippen molar-refractivity contribution in [2.75, 3.05) is 31.5 Å². The molecule has 9 heteroatoms. The highest BCUT2D eigenvalue weighted by molar-refractivity contribution is 7.18. The maximum Gasteiger partial charge on any atom is 0.268 e. The van der Waals surface area contributed by atoms with Crippen molar-refractivity contribution in [3.05, 3.63) is 74.9 Å². The number of rotatable bonds is 6. The van der Waals surface area contributed by atoms with Gasteiger partial charge in [-0.2, -0.15) is 5.10 Å². The van der Waals surface area contributed by atoms with Crippen LogP contribution in [0.2, 0.25) is 0 Å². The van der Waals surface area contributed by atoms with Crippen LogP contribution in [0.4, 0.5) is 11.6 Å². The Balaban J connectivity index is 1.58. The second-order valence-corrected chi connectivity index (χ2v) is 10.6. The van der Waals surface area contributed by atoms with Crippen LogP contribution in [-0.2, 0) is 17.8 Å². The molecule has 1 aliphatic heterocycles. The summed E-state index contributed by atoms with van der Waals surface area (Å²) in [5.41, 5.74) is 6.29. The normalized spacial score (nSPS) is 14.7. The fourth-order valence-electron chi connectivity index (χ4n) is 4.26. The van der Waals surface area contributed by atoms with E-state index in [1.54, 1.807) is 17.9 Å². The van der Waals surface area contributed by atoms with Crippen molar-refractivity contribution in [3.63, 3.8) is 0 Å². The zero-order valence-electron chi connectivity index (χ0n) is 21.0. The Kier molecular flexibility index (Phi) is 6.27. The number of methoxy groups -OCH3 is 1. The van der Waals surface area contributed by atoms with Gasteiger partial charge in [0.15, 0.2) is 0 Å². The van der Waals surface area contributed by atoms with Gasteiger partial charge < -0.3 is 14.4 Å². The standard InChI is InChI=1S/C27H29N5O3S/c1-27(2)14-21-22(16-35-27)36-24-23(21)25(33)32(19-10-12-20(34-5)13-11-19)26(29-24)30-28-15-17-6-8-18(9-7-17)31(3)4/h6-13,15H,14,16H2,1-5H3,(H,29,30). The Labute approximate surface area is 213 Å². The molecule has 186 valence electrons. The number of aromatic nitrogens is 2. The molecule has 0 amide bonds. The number of fused-ring (bicyclic) bond motifs is 3. The Bertz CT molecular complexity index is 1490. The van der Waals surface area contributed by atoms with Crippen molar-refractivity contribution in [1.29, 1.82) is 0 Å². The maximum atomic E-state index is 13.9. The summed E-state index contributed by atoms with van der Waals surface area (Å²) in [5.74, 6) is 1.05. The molecule has 5 rings (SSSR count). The summed E-state index contributed by atoms with van der Waals surface area (Å²) in [5, 5.41) is 5.05. The molecule has 0 radical (unpaired) electrons. The van der Waals surface area contributed by atoms with Crippen molar-refractivity contribution in [2.24, 2.45) is 5.10 Å². The van der Waals surface area contributed by atoms with Crippen LogP contribution in [-0.4, -0.2) is 42.6 Å². The van der Waals surface area contributed by atoms with E-state index in [-0.39, 0.29) is 11.2 Å². The minimum atomic E-state index is -0.332. The first-order chi connectivity index (χ1) is 17.3. The highest BCUT2D eigenvalue weighted by Crippen LogP contribution is 2.37. The van der Waals surface area contributed by atoms with Crippen molar-refractivity contribution < 1.29 is 9.47 Å². The van der Waals surface area contributed by atoms with Crippen LogP contribution in [0.25, 0.3) is 15.9 Å². The number of hydrazone groups is 1. The minimum absolute atomic E-state index is 0.131. The second-order valence-electron chi connectivity index (χ2n) is 9.54. The number of nitrogens with zero attached hydrogens (tertiary/aromatic N) is 4. The van der Waals surface area contributed by atoms with Crippen molar-refractivity contribution in [1.82, 2.24) is 9.55 Å². The van der Waals surface area contributed by atoms with E-state index in [0.29, 0.717) is 40.6 Å². The zero-order valence-corrected chi connectivity index (χ0v) is 21.8. The first kappa shape index (κ1) is 24.0. The van der Waals surface area contributed by atoms with Gasteiger partial charge in [0.1, 0.15) is 10.6 Å². The number of anilines is 2. The SMILES string of the molecule is COc1ccc(-n2c(NN=Cc3ccc(N(C)C)cc3)nc3sc4c(c3c2=O)CC(C)(C)OC4)cc1. The summed E-state index contributed by atoms with van der Waals surface area (Å²) in [6, 6.07) is 15.4. The first-order valence-electron chi connectivity index (χ1n) is 11.7. The topological polar surface area (TPSA) is 81.0 Å². The molecule has 0 bridgehead atoms. The fourth-order valence-corrected chi connectivity index (χ4v) is 5.35. The van der Waals surface area contributed by atoms with E-state index in [9.17, 15) is 4.79 Å². The summed E-state index contributed by atoms with van der Waals surface area (Å²) in [6.45, 7) is 4.57. The quantitative estimate of drug-likeness (QED) is 0.300. The summed E-state index contributed by atoms with van der Waals surface area (Å²) >= 11 is 1.51. The summed E-state index contributed by atoms with van der Waals surface area (Å²) in [4.78, 5) is 22.6. The monoisotopic (exact) mass is 503 g/mol. The number of hydrogen-bond acceptors (Lipinski definition) is 8. The Morgan fingerprint density at radius 1 is 1.17 bits per heavy atom. The van der Waals surface area contributed by atoms with E-state index < -0.39 is 0 Å². The van der Waals surface area contributed by atoms with Crippen LogP contribution >= 0.6 is 11.3 Å². The van der Waals surface area contributed by atoms with E-state index in [1.165, 1.54) is 11.3 Å². The number of thiophene rings is 1. The van der Waals surface area contributed by atoms with Gasteiger partial charge in [-0.3, -0.25) is 4.79 Å². The summed E-state index contributed by atoms with van der Waals surface area (Å²) in [6.07, 6.45) is 2.37. The predicted molar refractivity (Wildman–Crippen MR) is 146 cm³/mol. The zero-order chi connectivity index (χ0) is 25.4. The lowest BCUT2D eigenvalue weighted by molar-refractivity contribution is -0.0379. The third-order valence-corrected chi connectivity index (χ3v) is 7.32. The van der Waals surface area contributed by atoms with Crippen LogP contribution in [0.15, 0.2) is 58.4 Å². The average Bonchev–Trinajstić information content (AvgIpc) is 3.21. The van der Waals surface area contributed by atoms with E-state index in [1.807, 2.05) is 81.4 Å². The number of ether oxygens (including phenoxy) is 2. The molecule has 36 heavy (non-hydrogen) atoms. The van der Waals surface area contributed by atoms with Crippen molar-refractivity contribution in [3.8, 4) is 11.4 Å². The third-order valence-electron chi connectivity index (χ3n) is 6.22. The Morgan fingerprint density at radius 2 is 1.89 bits per heavy atom. The largest absolute Gasteiger partial charge is 0.497 e. The van der Waals surface area contributed by atoms with Gasteiger partial charge in [0.2, 0.25) is 5.95 Å². The van der Waals surface area contributed by atoms with Gasteiger partial charge in [-0.15, -0.1) is 11.3 Å². The average molecular weight is 504 g/mol. The highest BCUT2D eigenvalue weighted by Gasteiger charge is 2.31. The summed E-state index contributed by atoms with van der Waals surface area (Å²) in [7, 11) is 5.61. The molecule has 0 spiro atoms. The number of benzene rings is 2. The van der Waals surface area contributed by atoms with E-state index in [2.05, 4.69) is 10.5 Å². The van der Waals surface area contributed by atoms with Crippen molar-refractivity contribution in [2.45, 2.75) is 32.5 Å². The molecule has 4 aromatic rings. The molecule has 2 aromatic carbocycles. The second kappa shape index (κ2) is 9.40. The predicted octanol–water partition coefficient (Wildman–Crippen LogP) is 4.82. The molecule has 0 saturated heterocycles. The van der Waals surface area contributed by atoms with Crippen LogP contribution in [0.5, 0.6) is 5.75 Å². The molecule has 0 fully saturated rings. The molecule has 3 heterocycles. The molecule has 0 aliphatic carbocycles. The van der Waals surface area contributed by atoms with E-state index >= 15 is 0 Å². The van der Waals surface area contributed by atoms with E-state index in [4.69, 9.17) is 14.5 Å². The van der Waals surface area contributed by atoms with Crippen LogP contribution in [0.1, 0.15) is 29.9 Å². The highest BCUT2D eigenvalue weighted by atomic mass is 32.1. The molecule has 0 unspecified atom stereocenters. The van der Waals surface area contributed by atoms with Crippen LogP contribution in [0, 0.1) is 0 Å². The molecular weight excluding hydrogens is 474 g/mol. The lowest BCUT2D eigenvalue weighted by Crippen LogP contribution is -2.32.